The summed E-state index contributed by atoms with van der Waals surface area (Å²) >= 11 is 6.25. The number of ether oxygens (including phenoxy) is 3. The Morgan fingerprint density at radius 1 is 0.968 bits per heavy atom. The molecule has 7 nitrogen and oxygen atoms in total. The molecular formula is C23H17ClO7. The van der Waals surface area contributed by atoms with Crippen molar-refractivity contribution in [1.82, 2.24) is 0 Å². The van der Waals surface area contributed by atoms with Crippen molar-refractivity contribution < 1.29 is 33.4 Å². The zero-order valence-corrected chi connectivity index (χ0v) is 17.6. The largest absolute Gasteiger partial charge is 0.466 e. The molecule has 4 rings (SSSR count). The highest BCUT2D eigenvalue weighted by Gasteiger charge is 2.66. The molecule has 0 amide bonds. The van der Waals surface area contributed by atoms with E-state index in [4.69, 9.17) is 25.8 Å². The summed E-state index contributed by atoms with van der Waals surface area (Å²) in [5.41, 5.74) is -1.75. The van der Waals surface area contributed by atoms with Crippen molar-refractivity contribution in [3.05, 3.63) is 80.9 Å². The summed E-state index contributed by atoms with van der Waals surface area (Å²) in [5, 5.41) is 0.387. The number of Topliss-reactive ketones (excluding diaryl/α,β-unsaturated/α-hetero) is 2. The summed E-state index contributed by atoms with van der Waals surface area (Å²) in [6.45, 7) is 1.79. The van der Waals surface area contributed by atoms with E-state index in [9.17, 15) is 19.2 Å². The van der Waals surface area contributed by atoms with Gasteiger partial charge in [0, 0.05) is 16.1 Å². The van der Waals surface area contributed by atoms with Gasteiger partial charge in [0.05, 0.1) is 25.4 Å². The average molecular weight is 441 g/mol. The summed E-state index contributed by atoms with van der Waals surface area (Å²) in [6, 6.07) is 11.0. The molecule has 0 fully saturated rings. The average Bonchev–Trinajstić information content (AvgIpc) is 3.25. The second-order valence-corrected chi connectivity index (χ2v) is 7.57. The van der Waals surface area contributed by atoms with Gasteiger partial charge >= 0.3 is 11.9 Å². The second-order valence-electron chi connectivity index (χ2n) is 7.16. The molecule has 0 radical (unpaired) electrons. The Labute approximate surface area is 182 Å². The van der Waals surface area contributed by atoms with Crippen LogP contribution in [0.3, 0.4) is 0 Å². The maximum atomic E-state index is 13.5. The number of methoxy groups -OCH3 is 2. The van der Waals surface area contributed by atoms with Crippen LogP contribution in [0.15, 0.2) is 53.6 Å². The minimum atomic E-state index is -2.34. The molecule has 0 N–H and O–H groups in total. The first-order valence-corrected chi connectivity index (χ1v) is 9.69. The fourth-order valence-electron chi connectivity index (χ4n) is 3.99. The second kappa shape index (κ2) is 7.44. The molecule has 1 spiro atoms. The number of esters is 2. The van der Waals surface area contributed by atoms with Crippen LogP contribution < -0.4 is 0 Å². The predicted molar refractivity (Wildman–Crippen MR) is 109 cm³/mol. The first kappa shape index (κ1) is 21.0. The molecule has 1 heterocycles. The fraction of sp³-hybridized carbons (Fsp3) is 0.217. The molecule has 0 aromatic heterocycles. The van der Waals surface area contributed by atoms with Crippen LogP contribution >= 0.6 is 11.6 Å². The Kier molecular flexibility index (Phi) is 5.03. The molecule has 31 heavy (non-hydrogen) atoms. The zero-order valence-electron chi connectivity index (χ0n) is 16.9. The van der Waals surface area contributed by atoms with Crippen LogP contribution in [0.25, 0.3) is 0 Å². The van der Waals surface area contributed by atoms with Gasteiger partial charge in [-0.15, -0.1) is 0 Å². The van der Waals surface area contributed by atoms with Crippen molar-refractivity contribution in [1.29, 1.82) is 0 Å². The summed E-state index contributed by atoms with van der Waals surface area (Å²) in [7, 11) is 2.21. The Morgan fingerprint density at radius 2 is 1.55 bits per heavy atom. The van der Waals surface area contributed by atoms with Crippen molar-refractivity contribution in [2.24, 2.45) is 0 Å². The van der Waals surface area contributed by atoms with Gasteiger partial charge in [0.25, 0.3) is 0 Å². The maximum absolute atomic E-state index is 13.5. The van der Waals surface area contributed by atoms with Crippen LogP contribution in [-0.2, 0) is 23.8 Å². The lowest BCUT2D eigenvalue weighted by molar-refractivity contribution is -0.139. The van der Waals surface area contributed by atoms with E-state index in [1.54, 1.807) is 37.3 Å². The number of halogens is 1. The van der Waals surface area contributed by atoms with Crippen molar-refractivity contribution in [3.63, 3.8) is 0 Å². The fourth-order valence-corrected chi connectivity index (χ4v) is 4.18. The monoisotopic (exact) mass is 440 g/mol. The molecular weight excluding hydrogens is 424 g/mol. The van der Waals surface area contributed by atoms with Gasteiger partial charge in [-0.3, -0.25) is 9.59 Å². The van der Waals surface area contributed by atoms with E-state index in [0.29, 0.717) is 10.6 Å². The number of carbonyl (C=O) groups is 4. The lowest BCUT2D eigenvalue weighted by Crippen LogP contribution is -2.46. The summed E-state index contributed by atoms with van der Waals surface area (Å²) in [4.78, 5) is 52.5. The van der Waals surface area contributed by atoms with Crippen LogP contribution in [0.5, 0.6) is 0 Å². The molecule has 0 bridgehead atoms. The zero-order chi connectivity index (χ0) is 22.5. The normalized spacial score (nSPS) is 19.0. The molecule has 8 heteroatoms. The van der Waals surface area contributed by atoms with Crippen molar-refractivity contribution in [3.8, 4) is 0 Å². The summed E-state index contributed by atoms with van der Waals surface area (Å²) in [6.07, 6.45) is -1.25. The first-order valence-electron chi connectivity index (χ1n) is 9.31. The molecule has 1 aliphatic heterocycles. The lowest BCUT2D eigenvalue weighted by Gasteiger charge is -2.24. The van der Waals surface area contributed by atoms with E-state index < -0.39 is 40.8 Å². The highest BCUT2D eigenvalue weighted by atomic mass is 35.5. The number of rotatable bonds is 3. The third kappa shape index (κ3) is 2.85. The minimum absolute atomic E-state index is 0.0979. The van der Waals surface area contributed by atoms with Gasteiger partial charge in [-0.2, -0.15) is 0 Å². The molecule has 0 saturated carbocycles. The number of hydrogen-bond acceptors (Lipinski definition) is 7. The number of ketones is 2. The Balaban J connectivity index is 2.02. The Morgan fingerprint density at radius 3 is 2.06 bits per heavy atom. The molecule has 2 aliphatic rings. The van der Waals surface area contributed by atoms with Gasteiger partial charge in [-0.05, 0) is 24.1 Å². The van der Waals surface area contributed by atoms with Crippen LogP contribution in [0.4, 0.5) is 0 Å². The van der Waals surface area contributed by atoms with Crippen LogP contribution in [0.2, 0.25) is 5.02 Å². The minimum Gasteiger partial charge on any atom is -0.466 e. The standard InChI is InChI=1S/C23H17ClO7/c1-11-8-9-12(10-15(11)24)18-16(21(27)29-2)17(22(28)30-3)23(31-18)19(25)13-6-4-5-7-14(13)20(23)26/h4-10,18H,1-3H3/t18-/m1/s1. The van der Waals surface area contributed by atoms with Gasteiger partial charge in [0.1, 0.15) is 6.10 Å². The number of aryl methyl sites for hydroxylation is 1. The molecule has 158 valence electrons. The molecule has 1 aliphatic carbocycles. The van der Waals surface area contributed by atoms with Crippen molar-refractivity contribution >= 4 is 35.1 Å². The van der Waals surface area contributed by atoms with E-state index in [-0.39, 0.29) is 16.7 Å². The molecule has 0 saturated heterocycles. The molecule has 2 aromatic rings. The van der Waals surface area contributed by atoms with Gasteiger partial charge in [-0.25, -0.2) is 9.59 Å². The number of hydrogen-bond donors (Lipinski definition) is 0. The maximum Gasteiger partial charge on any atom is 0.338 e. The number of benzene rings is 2. The van der Waals surface area contributed by atoms with Gasteiger partial charge in [0.15, 0.2) is 0 Å². The smallest absolute Gasteiger partial charge is 0.338 e. The quantitative estimate of drug-likeness (QED) is 0.534. The SMILES string of the molecule is COC(=O)C1=C(C(=O)OC)C2(O[C@@H]1c1ccc(C)c(Cl)c1)C(=O)c1ccccc1C2=O. The Bertz CT molecular complexity index is 1160. The molecule has 0 unspecified atom stereocenters. The topological polar surface area (TPSA) is 96.0 Å². The van der Waals surface area contributed by atoms with Gasteiger partial charge in [-0.1, -0.05) is 48.0 Å². The van der Waals surface area contributed by atoms with Gasteiger partial charge < -0.3 is 14.2 Å². The van der Waals surface area contributed by atoms with E-state index >= 15 is 0 Å². The number of carbonyl (C=O) groups excluding carboxylic acids is 4. The van der Waals surface area contributed by atoms with E-state index in [0.717, 1.165) is 19.8 Å². The van der Waals surface area contributed by atoms with Crippen molar-refractivity contribution in [2.45, 2.75) is 18.6 Å². The lowest BCUT2D eigenvalue weighted by atomic mass is 9.86. The highest BCUT2D eigenvalue weighted by molar-refractivity contribution is 6.37. The Hall–Kier alpha value is -3.29. The molecule has 1 atom stereocenters. The predicted octanol–water partition coefficient (Wildman–Crippen LogP) is 3.18. The summed E-state index contributed by atoms with van der Waals surface area (Å²) in [5.74, 6) is -3.43. The van der Waals surface area contributed by atoms with Crippen molar-refractivity contribution in [2.75, 3.05) is 14.2 Å². The van der Waals surface area contributed by atoms with E-state index in [1.807, 2.05) is 0 Å². The van der Waals surface area contributed by atoms with E-state index in [2.05, 4.69) is 0 Å². The highest BCUT2D eigenvalue weighted by Crippen LogP contribution is 2.51. The summed E-state index contributed by atoms with van der Waals surface area (Å²) < 4.78 is 15.8. The van der Waals surface area contributed by atoms with E-state index in [1.165, 1.54) is 12.1 Å². The van der Waals surface area contributed by atoms with Gasteiger partial charge in [0.2, 0.25) is 17.2 Å². The third-order valence-electron chi connectivity index (χ3n) is 5.53. The number of fused-ring (bicyclic) bond motifs is 1. The van der Waals surface area contributed by atoms with Crippen LogP contribution in [0, 0.1) is 6.92 Å². The van der Waals surface area contributed by atoms with Crippen LogP contribution in [-0.4, -0.2) is 43.3 Å². The third-order valence-corrected chi connectivity index (χ3v) is 5.93. The molecule has 2 aromatic carbocycles. The van der Waals surface area contributed by atoms with Crippen LogP contribution in [0.1, 0.15) is 37.9 Å². The first-order chi connectivity index (χ1) is 14.8.